The lowest BCUT2D eigenvalue weighted by Crippen LogP contribution is -2.36. The van der Waals surface area contributed by atoms with Crippen LogP contribution < -0.4 is 5.56 Å². The largest absolute Gasteiger partial charge is 0.304 e. The summed E-state index contributed by atoms with van der Waals surface area (Å²) in [5.41, 5.74) is 0.672. The van der Waals surface area contributed by atoms with E-state index in [-0.39, 0.29) is 5.82 Å². The number of piperidine rings is 1. The van der Waals surface area contributed by atoms with Gasteiger partial charge in [0.1, 0.15) is 17.2 Å². The summed E-state index contributed by atoms with van der Waals surface area (Å²) in [5.74, 6) is -0.00751. The molecule has 6 nitrogen and oxygen atoms in total. The Labute approximate surface area is 159 Å². The predicted molar refractivity (Wildman–Crippen MR) is 96.6 cm³/mol. The van der Waals surface area contributed by atoms with E-state index in [1.54, 1.807) is 10.5 Å². The molecule has 9 heteroatoms. The highest BCUT2D eigenvalue weighted by Crippen LogP contribution is 2.21. The summed E-state index contributed by atoms with van der Waals surface area (Å²) < 4.78 is 41.6. The lowest BCUT2D eigenvalue weighted by molar-refractivity contribution is 0.144. The van der Waals surface area contributed by atoms with Gasteiger partial charge in [-0.1, -0.05) is 0 Å². The standard InChI is InChI=1S/C19H20F3N5O/c20-14-1-2-17-24-15(11-26(17)9-14)10-25-5-3-13(4-6-25)8-27-12-23-16(19(21)22)7-18(27)28/h1-2,7,9,11-13,19H,3-6,8,10H2. The SMILES string of the molecule is O=c1cc(C(F)F)ncn1CC1CCN(Cc2cn3cc(F)ccc3n2)CC1. The molecule has 1 aliphatic heterocycles. The van der Waals surface area contributed by atoms with Crippen LogP contribution in [-0.4, -0.2) is 36.9 Å². The fourth-order valence-corrected chi connectivity index (χ4v) is 3.62. The molecular weight excluding hydrogens is 371 g/mol. The van der Waals surface area contributed by atoms with Crippen LogP contribution in [0.4, 0.5) is 13.2 Å². The minimum Gasteiger partial charge on any atom is -0.304 e. The molecule has 0 aromatic carbocycles. The monoisotopic (exact) mass is 391 g/mol. The van der Waals surface area contributed by atoms with E-state index in [1.807, 2.05) is 6.20 Å². The fraction of sp³-hybridized carbons (Fsp3) is 0.421. The molecule has 28 heavy (non-hydrogen) atoms. The van der Waals surface area contributed by atoms with Crippen LogP contribution in [0.2, 0.25) is 0 Å². The van der Waals surface area contributed by atoms with Crippen molar-refractivity contribution in [1.82, 2.24) is 23.8 Å². The molecule has 148 valence electrons. The first-order chi connectivity index (χ1) is 13.5. The molecular formula is C19H20F3N5O. The number of aromatic nitrogens is 4. The normalized spacial score (nSPS) is 16.3. The number of pyridine rings is 1. The van der Waals surface area contributed by atoms with Crippen LogP contribution in [0.5, 0.6) is 0 Å². The molecule has 0 radical (unpaired) electrons. The van der Waals surface area contributed by atoms with Gasteiger partial charge in [0.15, 0.2) is 0 Å². The third-order valence-corrected chi connectivity index (χ3v) is 5.14. The zero-order valence-electron chi connectivity index (χ0n) is 15.1. The molecule has 0 spiro atoms. The van der Waals surface area contributed by atoms with Gasteiger partial charge in [-0.25, -0.2) is 23.1 Å². The first-order valence-corrected chi connectivity index (χ1v) is 9.18. The van der Waals surface area contributed by atoms with E-state index in [2.05, 4.69) is 14.9 Å². The highest BCUT2D eigenvalue weighted by Gasteiger charge is 2.21. The van der Waals surface area contributed by atoms with Crippen molar-refractivity contribution in [3.8, 4) is 0 Å². The molecule has 0 aliphatic carbocycles. The Hall–Kier alpha value is -2.68. The van der Waals surface area contributed by atoms with Crippen molar-refractivity contribution in [2.24, 2.45) is 5.92 Å². The van der Waals surface area contributed by atoms with Crippen molar-refractivity contribution >= 4 is 5.65 Å². The highest BCUT2D eigenvalue weighted by atomic mass is 19.3. The Morgan fingerprint density at radius 2 is 1.96 bits per heavy atom. The number of rotatable bonds is 5. The maximum Gasteiger partial charge on any atom is 0.280 e. The molecule has 0 saturated carbocycles. The zero-order chi connectivity index (χ0) is 19.7. The summed E-state index contributed by atoms with van der Waals surface area (Å²) in [6.45, 7) is 2.87. The van der Waals surface area contributed by atoms with E-state index < -0.39 is 17.7 Å². The van der Waals surface area contributed by atoms with Crippen molar-refractivity contribution in [2.45, 2.75) is 32.4 Å². The van der Waals surface area contributed by atoms with Gasteiger partial charge in [-0.3, -0.25) is 14.3 Å². The minimum absolute atomic E-state index is 0.295. The lowest BCUT2D eigenvalue weighted by Gasteiger charge is -2.31. The maximum atomic E-state index is 13.3. The second-order valence-electron chi connectivity index (χ2n) is 7.17. The summed E-state index contributed by atoms with van der Waals surface area (Å²) in [6, 6.07) is 3.95. The number of halogens is 3. The average molecular weight is 391 g/mol. The van der Waals surface area contributed by atoms with Crippen LogP contribution in [-0.2, 0) is 13.1 Å². The van der Waals surface area contributed by atoms with Gasteiger partial charge in [-0.05, 0) is 44.0 Å². The van der Waals surface area contributed by atoms with Gasteiger partial charge in [0.05, 0.1) is 12.0 Å². The first-order valence-electron chi connectivity index (χ1n) is 9.18. The third kappa shape index (κ3) is 4.09. The Morgan fingerprint density at radius 1 is 1.18 bits per heavy atom. The Morgan fingerprint density at radius 3 is 2.68 bits per heavy atom. The Balaban J connectivity index is 1.33. The number of hydrogen-bond acceptors (Lipinski definition) is 4. The maximum absolute atomic E-state index is 13.3. The summed E-state index contributed by atoms with van der Waals surface area (Å²) in [7, 11) is 0. The zero-order valence-corrected chi connectivity index (χ0v) is 15.1. The van der Waals surface area contributed by atoms with E-state index >= 15 is 0 Å². The quantitative estimate of drug-likeness (QED) is 0.671. The smallest absolute Gasteiger partial charge is 0.280 e. The van der Waals surface area contributed by atoms with Gasteiger partial charge >= 0.3 is 0 Å². The topological polar surface area (TPSA) is 55.4 Å². The van der Waals surface area contributed by atoms with Crippen LogP contribution in [0.3, 0.4) is 0 Å². The molecule has 0 bridgehead atoms. The molecule has 1 fully saturated rings. The predicted octanol–water partition coefficient (Wildman–Crippen LogP) is 2.88. The summed E-state index contributed by atoms with van der Waals surface area (Å²) >= 11 is 0. The number of imidazole rings is 1. The molecule has 0 atom stereocenters. The van der Waals surface area contributed by atoms with Gasteiger partial charge in [0.2, 0.25) is 0 Å². The van der Waals surface area contributed by atoms with Crippen LogP contribution in [0.1, 0.15) is 30.7 Å². The van der Waals surface area contributed by atoms with Crippen molar-refractivity contribution < 1.29 is 13.2 Å². The second kappa shape index (κ2) is 7.75. The van der Waals surface area contributed by atoms with E-state index in [0.29, 0.717) is 24.7 Å². The van der Waals surface area contributed by atoms with Gasteiger partial charge in [0.25, 0.3) is 12.0 Å². The summed E-state index contributed by atoms with van der Waals surface area (Å²) in [4.78, 5) is 22.4. The lowest BCUT2D eigenvalue weighted by atomic mass is 9.96. The van der Waals surface area contributed by atoms with E-state index in [9.17, 15) is 18.0 Å². The molecule has 4 rings (SSSR count). The number of likely N-dealkylation sites (tertiary alicyclic amines) is 1. The number of fused-ring (bicyclic) bond motifs is 1. The van der Waals surface area contributed by atoms with Gasteiger partial charge < -0.3 is 4.40 Å². The van der Waals surface area contributed by atoms with Crippen LogP contribution in [0.15, 0.2) is 41.7 Å². The Kier molecular flexibility index (Phi) is 5.17. The van der Waals surface area contributed by atoms with Gasteiger partial charge in [0, 0.05) is 31.5 Å². The van der Waals surface area contributed by atoms with E-state index in [0.717, 1.165) is 37.7 Å². The fourth-order valence-electron chi connectivity index (χ4n) is 3.62. The average Bonchev–Trinajstić information content (AvgIpc) is 3.06. The molecule has 0 amide bonds. The van der Waals surface area contributed by atoms with Gasteiger partial charge in [-0.15, -0.1) is 0 Å². The van der Waals surface area contributed by atoms with Crippen LogP contribution in [0.25, 0.3) is 5.65 Å². The van der Waals surface area contributed by atoms with E-state index in [1.165, 1.54) is 23.2 Å². The molecule has 1 saturated heterocycles. The van der Waals surface area contributed by atoms with Gasteiger partial charge in [-0.2, -0.15) is 0 Å². The molecule has 1 aliphatic rings. The number of hydrogen-bond donors (Lipinski definition) is 0. The second-order valence-corrected chi connectivity index (χ2v) is 7.17. The number of nitrogens with zero attached hydrogens (tertiary/aromatic N) is 5. The van der Waals surface area contributed by atoms with Crippen molar-refractivity contribution in [2.75, 3.05) is 13.1 Å². The van der Waals surface area contributed by atoms with Crippen LogP contribution >= 0.6 is 0 Å². The molecule has 0 N–H and O–H groups in total. The van der Waals surface area contributed by atoms with Crippen LogP contribution in [0, 0.1) is 11.7 Å². The minimum atomic E-state index is -2.73. The Bertz CT molecular complexity index is 1020. The molecule has 4 heterocycles. The van der Waals surface area contributed by atoms with Crippen molar-refractivity contribution in [1.29, 1.82) is 0 Å². The van der Waals surface area contributed by atoms with Crippen molar-refractivity contribution in [3.05, 3.63) is 64.5 Å². The molecule has 3 aromatic rings. The summed E-state index contributed by atoms with van der Waals surface area (Å²) in [5, 5.41) is 0. The van der Waals surface area contributed by atoms with E-state index in [4.69, 9.17) is 0 Å². The number of alkyl halides is 2. The third-order valence-electron chi connectivity index (χ3n) is 5.14. The van der Waals surface area contributed by atoms with Crippen molar-refractivity contribution in [3.63, 3.8) is 0 Å². The molecule has 0 unspecified atom stereocenters. The molecule has 3 aromatic heterocycles. The first kappa shape index (κ1) is 18.7. The summed E-state index contributed by atoms with van der Waals surface area (Å²) in [6.07, 6.45) is 3.51. The highest BCUT2D eigenvalue weighted by molar-refractivity contribution is 5.39.